The van der Waals surface area contributed by atoms with Gasteiger partial charge in [-0.15, -0.1) is 0 Å². The molecule has 3 aromatic rings. The number of urea groups is 1. The summed E-state index contributed by atoms with van der Waals surface area (Å²) in [6, 6.07) is 10.8. The summed E-state index contributed by atoms with van der Waals surface area (Å²) < 4.78 is 1.62. The summed E-state index contributed by atoms with van der Waals surface area (Å²) in [7, 11) is 1.54. The predicted molar refractivity (Wildman–Crippen MR) is 81.5 cm³/mol. The van der Waals surface area contributed by atoms with Crippen molar-refractivity contribution < 1.29 is 4.79 Å². The molecule has 7 heteroatoms. The third kappa shape index (κ3) is 2.80. The lowest BCUT2D eigenvalue weighted by molar-refractivity contribution is 0.254. The lowest BCUT2D eigenvalue weighted by Gasteiger charge is -2.01. The summed E-state index contributed by atoms with van der Waals surface area (Å²) in [5, 5.41) is 10.2. The van der Waals surface area contributed by atoms with Gasteiger partial charge in [0.25, 0.3) is 0 Å². The van der Waals surface area contributed by atoms with Crippen molar-refractivity contribution in [1.82, 2.24) is 19.9 Å². The number of fused-ring (bicyclic) bond motifs is 1. The molecular formula is C14H12ClN5O. The van der Waals surface area contributed by atoms with Crippen LogP contribution >= 0.6 is 11.6 Å². The van der Waals surface area contributed by atoms with Gasteiger partial charge in [0, 0.05) is 17.6 Å². The molecule has 0 saturated carbocycles. The van der Waals surface area contributed by atoms with Crippen molar-refractivity contribution in [2.45, 2.75) is 0 Å². The Kier molecular flexibility index (Phi) is 3.45. The zero-order chi connectivity index (χ0) is 14.8. The summed E-state index contributed by atoms with van der Waals surface area (Å²) >= 11 is 5.88. The van der Waals surface area contributed by atoms with Crippen LogP contribution in [0.15, 0.2) is 42.6 Å². The Hall–Kier alpha value is -2.60. The van der Waals surface area contributed by atoms with Gasteiger partial charge in [0.2, 0.25) is 0 Å². The summed E-state index contributed by atoms with van der Waals surface area (Å²) in [5.74, 6) is 0.440. The minimum atomic E-state index is -0.323. The van der Waals surface area contributed by atoms with E-state index in [-0.39, 0.29) is 6.03 Å². The molecule has 0 aliphatic heterocycles. The summed E-state index contributed by atoms with van der Waals surface area (Å²) in [6.07, 6.45) is 1.66. The Labute approximate surface area is 125 Å². The van der Waals surface area contributed by atoms with Crippen LogP contribution in [0.1, 0.15) is 0 Å². The molecule has 2 aromatic heterocycles. The van der Waals surface area contributed by atoms with E-state index >= 15 is 0 Å². The lowest BCUT2D eigenvalue weighted by Crippen LogP contribution is -2.24. The number of imidazole rings is 1. The molecule has 0 spiro atoms. The third-order valence-electron chi connectivity index (χ3n) is 2.93. The van der Waals surface area contributed by atoms with Crippen molar-refractivity contribution in [2.75, 3.05) is 12.4 Å². The number of carbonyl (C=O) groups excluding carboxylic acids is 1. The molecule has 2 heterocycles. The van der Waals surface area contributed by atoms with Crippen LogP contribution in [0.2, 0.25) is 5.02 Å². The molecule has 1 aromatic carbocycles. The molecule has 0 aliphatic carbocycles. The fourth-order valence-corrected chi connectivity index (χ4v) is 2.02. The first-order valence-electron chi connectivity index (χ1n) is 6.27. The Morgan fingerprint density at radius 2 is 1.95 bits per heavy atom. The standard InChI is InChI=1S/C14H12ClN5O/c1-16-14(21)18-12-8-20-13(17-12)7-6-11(19-20)9-2-4-10(15)5-3-9/h2-8H,1H3,(H2,16,18,21). The second-order valence-corrected chi connectivity index (χ2v) is 4.79. The van der Waals surface area contributed by atoms with Crippen molar-refractivity contribution in [3.05, 3.63) is 47.6 Å². The van der Waals surface area contributed by atoms with Crippen LogP contribution in [0.4, 0.5) is 10.6 Å². The highest BCUT2D eigenvalue weighted by Gasteiger charge is 2.07. The minimum Gasteiger partial charge on any atom is -0.341 e. The van der Waals surface area contributed by atoms with Crippen molar-refractivity contribution >= 4 is 29.1 Å². The zero-order valence-electron chi connectivity index (χ0n) is 11.2. The van der Waals surface area contributed by atoms with E-state index in [1.807, 2.05) is 36.4 Å². The smallest absolute Gasteiger partial charge is 0.320 e. The first kappa shape index (κ1) is 13.4. The second kappa shape index (κ2) is 5.41. The Balaban J connectivity index is 1.96. The van der Waals surface area contributed by atoms with Crippen LogP contribution in [0, 0.1) is 0 Å². The van der Waals surface area contributed by atoms with E-state index in [4.69, 9.17) is 11.6 Å². The molecule has 0 atom stereocenters. The molecule has 2 N–H and O–H groups in total. The number of halogens is 1. The number of amides is 2. The summed E-state index contributed by atoms with van der Waals surface area (Å²) in [4.78, 5) is 15.5. The van der Waals surface area contributed by atoms with Gasteiger partial charge in [-0.05, 0) is 24.3 Å². The molecule has 6 nitrogen and oxygen atoms in total. The van der Waals surface area contributed by atoms with E-state index in [0.29, 0.717) is 16.5 Å². The topological polar surface area (TPSA) is 71.3 Å². The van der Waals surface area contributed by atoms with Gasteiger partial charge < -0.3 is 5.32 Å². The Morgan fingerprint density at radius 1 is 1.19 bits per heavy atom. The van der Waals surface area contributed by atoms with E-state index in [2.05, 4.69) is 20.7 Å². The fourth-order valence-electron chi connectivity index (χ4n) is 1.90. The fraction of sp³-hybridized carbons (Fsp3) is 0.0714. The molecule has 3 rings (SSSR count). The van der Waals surface area contributed by atoms with Crippen LogP contribution in [-0.4, -0.2) is 27.7 Å². The first-order valence-corrected chi connectivity index (χ1v) is 6.64. The maximum Gasteiger partial charge on any atom is 0.320 e. The minimum absolute atomic E-state index is 0.323. The van der Waals surface area contributed by atoms with E-state index in [9.17, 15) is 4.79 Å². The van der Waals surface area contributed by atoms with Crippen LogP contribution in [0.5, 0.6) is 0 Å². The molecule has 0 fully saturated rings. The van der Waals surface area contributed by atoms with Gasteiger partial charge in [0.15, 0.2) is 11.5 Å². The van der Waals surface area contributed by atoms with Gasteiger partial charge >= 0.3 is 6.03 Å². The quantitative estimate of drug-likeness (QED) is 0.764. The van der Waals surface area contributed by atoms with Gasteiger partial charge in [-0.1, -0.05) is 23.7 Å². The molecule has 0 unspecified atom stereocenters. The van der Waals surface area contributed by atoms with Crippen molar-refractivity contribution in [3.63, 3.8) is 0 Å². The van der Waals surface area contributed by atoms with Crippen molar-refractivity contribution in [1.29, 1.82) is 0 Å². The van der Waals surface area contributed by atoms with E-state index in [1.165, 1.54) is 0 Å². The lowest BCUT2D eigenvalue weighted by atomic mass is 10.1. The number of hydrogen-bond acceptors (Lipinski definition) is 3. The number of nitrogens with one attached hydrogen (secondary N) is 2. The van der Waals surface area contributed by atoms with Crippen molar-refractivity contribution in [3.8, 4) is 11.3 Å². The highest BCUT2D eigenvalue weighted by Crippen LogP contribution is 2.20. The Bertz CT molecular complexity index is 797. The molecule has 0 bridgehead atoms. The normalized spacial score (nSPS) is 10.6. The number of benzene rings is 1. The average Bonchev–Trinajstić information content (AvgIpc) is 2.89. The van der Waals surface area contributed by atoms with Crippen LogP contribution in [-0.2, 0) is 0 Å². The maximum atomic E-state index is 11.3. The molecule has 0 radical (unpaired) electrons. The number of nitrogens with zero attached hydrogens (tertiary/aromatic N) is 3. The van der Waals surface area contributed by atoms with Gasteiger partial charge in [-0.25, -0.2) is 14.3 Å². The zero-order valence-corrected chi connectivity index (χ0v) is 11.9. The number of anilines is 1. The maximum absolute atomic E-state index is 11.3. The SMILES string of the molecule is CNC(=O)Nc1cn2nc(-c3ccc(Cl)cc3)ccc2n1. The largest absolute Gasteiger partial charge is 0.341 e. The molecule has 0 saturated heterocycles. The number of aromatic nitrogens is 3. The highest BCUT2D eigenvalue weighted by atomic mass is 35.5. The summed E-state index contributed by atoms with van der Waals surface area (Å²) in [5.41, 5.74) is 2.40. The number of hydrogen-bond donors (Lipinski definition) is 2. The molecule has 21 heavy (non-hydrogen) atoms. The number of carbonyl (C=O) groups is 1. The van der Waals surface area contributed by atoms with Crippen LogP contribution in [0.3, 0.4) is 0 Å². The third-order valence-corrected chi connectivity index (χ3v) is 3.18. The Morgan fingerprint density at radius 3 is 2.67 bits per heavy atom. The van der Waals surface area contributed by atoms with Gasteiger partial charge in [0.05, 0.1) is 11.9 Å². The van der Waals surface area contributed by atoms with Crippen molar-refractivity contribution in [2.24, 2.45) is 0 Å². The molecular weight excluding hydrogens is 290 g/mol. The second-order valence-electron chi connectivity index (χ2n) is 4.36. The van der Waals surface area contributed by atoms with Gasteiger partial charge in [-0.2, -0.15) is 5.10 Å². The van der Waals surface area contributed by atoms with Gasteiger partial charge in [-0.3, -0.25) is 5.32 Å². The molecule has 106 valence electrons. The van der Waals surface area contributed by atoms with Crippen LogP contribution in [0.25, 0.3) is 16.9 Å². The molecule has 0 aliphatic rings. The highest BCUT2D eigenvalue weighted by molar-refractivity contribution is 6.30. The van der Waals surface area contributed by atoms with E-state index in [0.717, 1.165) is 11.3 Å². The predicted octanol–water partition coefficient (Wildman–Crippen LogP) is 2.80. The van der Waals surface area contributed by atoms with E-state index < -0.39 is 0 Å². The van der Waals surface area contributed by atoms with Crippen LogP contribution < -0.4 is 10.6 Å². The summed E-state index contributed by atoms with van der Waals surface area (Å²) in [6.45, 7) is 0. The monoisotopic (exact) mass is 301 g/mol. The molecule has 2 amide bonds. The van der Waals surface area contributed by atoms with Gasteiger partial charge in [0.1, 0.15) is 0 Å². The average molecular weight is 302 g/mol. The first-order chi connectivity index (χ1) is 10.2. The van der Waals surface area contributed by atoms with E-state index in [1.54, 1.807) is 17.8 Å². The number of rotatable bonds is 2.